The van der Waals surface area contributed by atoms with Crippen molar-refractivity contribution in [1.29, 1.82) is 0 Å². The van der Waals surface area contributed by atoms with Crippen molar-refractivity contribution in [3.63, 3.8) is 0 Å². The largest absolute Gasteiger partial charge is 0.444 e. The number of hydrogen-bond donors (Lipinski definition) is 0. The van der Waals surface area contributed by atoms with Crippen molar-refractivity contribution in [2.24, 2.45) is 0 Å². The highest BCUT2D eigenvalue weighted by Gasteiger charge is 2.38. The lowest BCUT2D eigenvalue weighted by atomic mass is 9.95. The fourth-order valence-electron chi connectivity index (χ4n) is 3.74. The third-order valence-electron chi connectivity index (χ3n) is 5.15. The van der Waals surface area contributed by atoms with Gasteiger partial charge in [-0.2, -0.15) is 0 Å². The van der Waals surface area contributed by atoms with Crippen LogP contribution < -0.4 is 4.90 Å². The molecule has 1 aromatic heterocycles. The van der Waals surface area contributed by atoms with Crippen LogP contribution in [0.25, 0.3) is 11.0 Å². The van der Waals surface area contributed by atoms with Gasteiger partial charge in [0.1, 0.15) is 5.60 Å². The number of nitrogens with zero attached hydrogens (tertiary/aromatic N) is 4. The van der Waals surface area contributed by atoms with E-state index in [4.69, 9.17) is 14.7 Å². The standard InChI is InChI=1S/C21H28N4O2.C2H6/c1-21(2,3)27-20(26)25-13-15(14-25)18-19(24-11-7-4-8-12-24)23-17-10-6-5-9-16(17)22-18;1-2/h5-6,9-10,15H,4,7-8,11-14H2,1-3H3;1-2H3. The lowest BCUT2D eigenvalue weighted by Gasteiger charge is -2.41. The Bertz CT molecular complexity index is 834. The van der Waals surface area contributed by atoms with E-state index in [9.17, 15) is 4.79 Å². The van der Waals surface area contributed by atoms with E-state index in [0.29, 0.717) is 13.1 Å². The molecule has 3 heterocycles. The van der Waals surface area contributed by atoms with Crippen LogP contribution in [0.5, 0.6) is 0 Å². The molecule has 2 aromatic rings. The van der Waals surface area contributed by atoms with Crippen molar-refractivity contribution >= 4 is 22.9 Å². The molecule has 0 radical (unpaired) electrons. The van der Waals surface area contributed by atoms with E-state index in [1.54, 1.807) is 4.90 Å². The molecule has 2 aliphatic heterocycles. The van der Waals surface area contributed by atoms with E-state index in [1.807, 2.05) is 58.9 Å². The second-order valence-electron chi connectivity index (χ2n) is 8.55. The van der Waals surface area contributed by atoms with Crippen LogP contribution in [-0.2, 0) is 4.74 Å². The number of anilines is 1. The van der Waals surface area contributed by atoms with Gasteiger partial charge in [0, 0.05) is 32.1 Å². The van der Waals surface area contributed by atoms with Crippen molar-refractivity contribution in [1.82, 2.24) is 14.9 Å². The van der Waals surface area contributed by atoms with Gasteiger partial charge in [-0.05, 0) is 52.2 Å². The molecule has 29 heavy (non-hydrogen) atoms. The Morgan fingerprint density at radius 1 is 1.00 bits per heavy atom. The number of benzene rings is 1. The molecule has 0 unspecified atom stereocenters. The summed E-state index contributed by atoms with van der Waals surface area (Å²) in [5, 5.41) is 0. The van der Waals surface area contributed by atoms with E-state index < -0.39 is 5.60 Å². The number of para-hydroxylation sites is 2. The van der Waals surface area contributed by atoms with Gasteiger partial charge >= 0.3 is 6.09 Å². The fourth-order valence-corrected chi connectivity index (χ4v) is 3.74. The molecule has 0 N–H and O–H groups in total. The molecule has 6 heteroatoms. The van der Waals surface area contributed by atoms with E-state index >= 15 is 0 Å². The molecule has 0 saturated carbocycles. The maximum absolute atomic E-state index is 12.3. The summed E-state index contributed by atoms with van der Waals surface area (Å²) in [4.78, 5) is 26.3. The van der Waals surface area contributed by atoms with Gasteiger partial charge in [-0.1, -0.05) is 26.0 Å². The summed E-state index contributed by atoms with van der Waals surface area (Å²) in [6.07, 6.45) is 3.43. The van der Waals surface area contributed by atoms with Gasteiger partial charge in [-0.25, -0.2) is 14.8 Å². The average Bonchev–Trinajstić information content (AvgIpc) is 2.67. The second kappa shape index (κ2) is 8.97. The third-order valence-corrected chi connectivity index (χ3v) is 5.15. The Morgan fingerprint density at radius 3 is 2.17 bits per heavy atom. The summed E-state index contributed by atoms with van der Waals surface area (Å²) in [5.41, 5.74) is 2.41. The maximum atomic E-state index is 12.3. The predicted molar refractivity (Wildman–Crippen MR) is 117 cm³/mol. The summed E-state index contributed by atoms with van der Waals surface area (Å²) in [6.45, 7) is 13.0. The van der Waals surface area contributed by atoms with E-state index in [0.717, 1.165) is 35.6 Å². The molecule has 4 rings (SSSR count). The lowest BCUT2D eigenvalue weighted by Crippen LogP contribution is -2.51. The number of likely N-dealkylation sites (tertiary alicyclic amines) is 1. The molecular formula is C23H34N4O2. The van der Waals surface area contributed by atoms with Gasteiger partial charge in [0.2, 0.25) is 0 Å². The summed E-state index contributed by atoms with van der Waals surface area (Å²) < 4.78 is 5.48. The Labute approximate surface area is 174 Å². The average molecular weight is 399 g/mol. The Kier molecular flexibility index (Phi) is 6.60. The number of aromatic nitrogens is 2. The molecule has 0 spiro atoms. The van der Waals surface area contributed by atoms with Crippen molar-refractivity contribution in [3.8, 4) is 0 Å². The van der Waals surface area contributed by atoms with Crippen LogP contribution in [0.1, 0.15) is 65.5 Å². The highest BCUT2D eigenvalue weighted by atomic mass is 16.6. The van der Waals surface area contributed by atoms with Crippen molar-refractivity contribution < 1.29 is 9.53 Å². The molecular weight excluding hydrogens is 364 g/mol. The van der Waals surface area contributed by atoms with E-state index in [1.165, 1.54) is 19.3 Å². The van der Waals surface area contributed by atoms with Gasteiger partial charge in [0.15, 0.2) is 5.82 Å². The summed E-state index contributed by atoms with van der Waals surface area (Å²) in [6, 6.07) is 8.03. The monoisotopic (exact) mass is 398 g/mol. The summed E-state index contributed by atoms with van der Waals surface area (Å²) in [7, 11) is 0. The zero-order valence-corrected chi connectivity index (χ0v) is 18.4. The summed E-state index contributed by atoms with van der Waals surface area (Å²) >= 11 is 0. The normalized spacial score (nSPS) is 17.4. The second-order valence-corrected chi connectivity index (χ2v) is 8.55. The minimum atomic E-state index is -0.468. The van der Waals surface area contributed by atoms with Gasteiger partial charge < -0.3 is 14.5 Å². The number of carbonyl (C=O) groups excluding carboxylic acids is 1. The molecule has 2 fully saturated rings. The lowest BCUT2D eigenvalue weighted by molar-refractivity contribution is 0.00790. The van der Waals surface area contributed by atoms with E-state index in [2.05, 4.69) is 4.90 Å². The minimum absolute atomic E-state index is 0.214. The molecule has 0 bridgehead atoms. The Hall–Kier alpha value is -2.37. The number of fused-ring (bicyclic) bond motifs is 1. The first-order chi connectivity index (χ1) is 13.9. The smallest absolute Gasteiger partial charge is 0.410 e. The Balaban J connectivity index is 0.00000117. The number of rotatable bonds is 2. The third kappa shape index (κ3) is 4.98. The number of carbonyl (C=O) groups is 1. The van der Waals surface area contributed by atoms with E-state index in [-0.39, 0.29) is 12.0 Å². The number of piperidine rings is 1. The van der Waals surface area contributed by atoms with Crippen LogP contribution in [0.4, 0.5) is 10.6 Å². The van der Waals surface area contributed by atoms with Crippen molar-refractivity contribution in [3.05, 3.63) is 30.0 Å². The predicted octanol–water partition coefficient (Wildman–Crippen LogP) is 4.98. The SMILES string of the molecule is CC.CC(C)(C)OC(=O)N1CC(c2nc3ccccc3nc2N2CCCCC2)C1. The molecule has 1 amide bonds. The maximum Gasteiger partial charge on any atom is 0.410 e. The molecule has 0 aliphatic carbocycles. The van der Waals surface area contributed by atoms with Crippen LogP contribution in [0.2, 0.25) is 0 Å². The number of amides is 1. The summed E-state index contributed by atoms with van der Waals surface area (Å²) in [5.74, 6) is 1.22. The van der Waals surface area contributed by atoms with Crippen molar-refractivity contribution in [2.45, 2.75) is 65.4 Å². The molecule has 158 valence electrons. The quantitative estimate of drug-likeness (QED) is 0.714. The highest BCUT2D eigenvalue weighted by Crippen LogP contribution is 2.34. The first-order valence-electron chi connectivity index (χ1n) is 10.9. The highest BCUT2D eigenvalue weighted by molar-refractivity contribution is 5.77. The van der Waals surface area contributed by atoms with Crippen LogP contribution in [-0.4, -0.2) is 52.7 Å². The first-order valence-corrected chi connectivity index (χ1v) is 10.9. The minimum Gasteiger partial charge on any atom is -0.444 e. The van der Waals surface area contributed by atoms with Gasteiger partial charge in [0.05, 0.1) is 16.7 Å². The zero-order chi connectivity index (χ0) is 21.0. The van der Waals surface area contributed by atoms with Crippen LogP contribution in [0, 0.1) is 0 Å². The fraction of sp³-hybridized carbons (Fsp3) is 0.609. The van der Waals surface area contributed by atoms with Gasteiger partial charge in [-0.15, -0.1) is 0 Å². The van der Waals surface area contributed by atoms with Crippen LogP contribution in [0.15, 0.2) is 24.3 Å². The topological polar surface area (TPSA) is 58.6 Å². The molecule has 6 nitrogen and oxygen atoms in total. The van der Waals surface area contributed by atoms with Gasteiger partial charge in [0.25, 0.3) is 0 Å². The molecule has 0 atom stereocenters. The number of hydrogen-bond acceptors (Lipinski definition) is 5. The van der Waals surface area contributed by atoms with Crippen LogP contribution in [0.3, 0.4) is 0 Å². The molecule has 2 aliphatic rings. The molecule has 1 aromatic carbocycles. The first kappa shape index (κ1) is 21.3. The number of ether oxygens (including phenoxy) is 1. The molecule has 2 saturated heterocycles. The Morgan fingerprint density at radius 2 is 1.59 bits per heavy atom. The van der Waals surface area contributed by atoms with Gasteiger partial charge in [-0.3, -0.25) is 0 Å². The van der Waals surface area contributed by atoms with Crippen LogP contribution >= 0.6 is 0 Å². The zero-order valence-electron chi connectivity index (χ0n) is 18.4. The van der Waals surface area contributed by atoms with Crippen molar-refractivity contribution in [2.75, 3.05) is 31.1 Å².